The first-order chi connectivity index (χ1) is 16.6. The lowest BCUT2D eigenvalue weighted by molar-refractivity contribution is -0.117. The molecule has 0 spiro atoms. The largest absolute Gasteiger partial charge is 0.326 e. The van der Waals surface area contributed by atoms with Crippen LogP contribution in [0.15, 0.2) is 60.7 Å². The van der Waals surface area contributed by atoms with Gasteiger partial charge >= 0.3 is 0 Å². The normalized spacial score (nSPS) is 17.7. The van der Waals surface area contributed by atoms with Crippen LogP contribution in [0.3, 0.4) is 0 Å². The van der Waals surface area contributed by atoms with Crippen LogP contribution in [0, 0.1) is 17.2 Å². The first-order valence-corrected chi connectivity index (χ1v) is 12.0. The second-order valence-corrected chi connectivity index (χ2v) is 10.5. The molecule has 1 aliphatic carbocycles. The van der Waals surface area contributed by atoms with E-state index in [9.17, 15) is 9.59 Å². The standard InChI is InChI=1S/C24H15Cl5N4O2/c25-14-7-13(8-15(26)9-14)20-21(24(20,28)29)23(35)31-17-5-6-19(27)18(10-17)22(34)33-32-16-3-1-12(11-30)2-4-16/h1-10,20-21,32H,(H,31,35)(H,33,34). The summed E-state index contributed by atoms with van der Waals surface area (Å²) in [7, 11) is 0. The van der Waals surface area contributed by atoms with Crippen LogP contribution in [-0.2, 0) is 4.79 Å². The molecule has 3 N–H and O–H groups in total. The fraction of sp³-hybridized carbons (Fsp3) is 0.125. The van der Waals surface area contributed by atoms with Crippen LogP contribution >= 0.6 is 58.0 Å². The molecule has 2 amide bonds. The highest BCUT2D eigenvalue weighted by molar-refractivity contribution is 6.53. The zero-order chi connectivity index (χ0) is 25.3. The van der Waals surface area contributed by atoms with Crippen molar-refractivity contribution >= 4 is 81.2 Å². The maximum Gasteiger partial charge on any atom is 0.271 e. The van der Waals surface area contributed by atoms with Gasteiger partial charge in [0.25, 0.3) is 5.91 Å². The lowest BCUT2D eigenvalue weighted by Crippen LogP contribution is -2.29. The Balaban J connectivity index is 1.45. The summed E-state index contributed by atoms with van der Waals surface area (Å²) < 4.78 is -1.34. The average molecular weight is 569 g/mol. The second kappa shape index (κ2) is 10.1. The topological polar surface area (TPSA) is 94.0 Å². The molecule has 1 saturated carbocycles. The number of hydrogen-bond acceptors (Lipinski definition) is 4. The van der Waals surface area contributed by atoms with E-state index in [1.807, 2.05) is 6.07 Å². The number of nitrogens with zero attached hydrogens (tertiary/aromatic N) is 1. The van der Waals surface area contributed by atoms with Crippen molar-refractivity contribution in [1.82, 2.24) is 5.43 Å². The Kier molecular flexibility index (Phi) is 7.37. The summed E-state index contributed by atoms with van der Waals surface area (Å²) in [6.07, 6.45) is 0. The molecule has 0 aliphatic heterocycles. The zero-order valence-electron chi connectivity index (χ0n) is 17.6. The Morgan fingerprint density at radius 2 is 1.51 bits per heavy atom. The summed E-state index contributed by atoms with van der Waals surface area (Å²) in [5, 5.41) is 12.6. The first kappa shape index (κ1) is 25.4. The molecule has 3 aromatic rings. The molecule has 11 heteroatoms. The van der Waals surface area contributed by atoms with E-state index in [0.717, 1.165) is 0 Å². The number of alkyl halides is 2. The molecule has 0 bridgehead atoms. The highest BCUT2D eigenvalue weighted by Gasteiger charge is 2.67. The quantitative estimate of drug-likeness (QED) is 0.225. The van der Waals surface area contributed by atoms with Gasteiger partial charge in [-0.05, 0) is 66.2 Å². The predicted molar refractivity (Wildman–Crippen MR) is 139 cm³/mol. The van der Waals surface area contributed by atoms with E-state index in [1.54, 1.807) is 48.5 Å². The molecule has 1 fully saturated rings. The van der Waals surface area contributed by atoms with Crippen LogP contribution in [0.4, 0.5) is 11.4 Å². The molecule has 2 atom stereocenters. The van der Waals surface area contributed by atoms with E-state index in [4.69, 9.17) is 63.3 Å². The molecule has 0 heterocycles. The molecule has 6 nitrogen and oxygen atoms in total. The minimum atomic E-state index is -1.34. The summed E-state index contributed by atoms with van der Waals surface area (Å²) in [6.45, 7) is 0. The first-order valence-electron chi connectivity index (χ1n) is 10.1. The van der Waals surface area contributed by atoms with E-state index in [0.29, 0.717) is 32.5 Å². The number of hydrogen-bond donors (Lipinski definition) is 3. The Hall–Kier alpha value is -2.66. The van der Waals surface area contributed by atoms with E-state index in [2.05, 4.69) is 16.2 Å². The molecule has 178 valence electrons. The van der Waals surface area contributed by atoms with Crippen LogP contribution in [0.2, 0.25) is 15.1 Å². The fourth-order valence-corrected chi connectivity index (χ4v) is 5.22. The molecule has 3 aromatic carbocycles. The monoisotopic (exact) mass is 566 g/mol. The van der Waals surface area contributed by atoms with Crippen LogP contribution < -0.4 is 16.2 Å². The van der Waals surface area contributed by atoms with E-state index >= 15 is 0 Å². The zero-order valence-corrected chi connectivity index (χ0v) is 21.4. The van der Waals surface area contributed by atoms with Crippen molar-refractivity contribution in [2.75, 3.05) is 10.7 Å². The molecule has 0 radical (unpaired) electrons. The van der Waals surface area contributed by atoms with E-state index < -0.39 is 28.0 Å². The third-order valence-corrected chi connectivity index (χ3v) is 7.10. The smallest absolute Gasteiger partial charge is 0.271 e. The Morgan fingerprint density at radius 3 is 2.14 bits per heavy atom. The number of carbonyl (C=O) groups is 2. The van der Waals surface area contributed by atoms with Gasteiger partial charge < -0.3 is 5.32 Å². The number of amides is 2. The van der Waals surface area contributed by atoms with Gasteiger partial charge in [0.1, 0.15) is 4.33 Å². The predicted octanol–water partition coefficient (Wildman–Crippen LogP) is 6.80. The van der Waals surface area contributed by atoms with Gasteiger partial charge in [-0.2, -0.15) is 5.26 Å². The average Bonchev–Trinajstić information content (AvgIpc) is 3.40. The third kappa shape index (κ3) is 5.61. The highest BCUT2D eigenvalue weighted by atomic mass is 35.5. The van der Waals surface area contributed by atoms with Gasteiger partial charge in [0, 0.05) is 21.7 Å². The number of hydrazine groups is 1. The summed E-state index contributed by atoms with van der Waals surface area (Å²) >= 11 is 31.2. The van der Waals surface area contributed by atoms with Gasteiger partial charge in [-0.15, -0.1) is 23.2 Å². The van der Waals surface area contributed by atoms with Crippen molar-refractivity contribution in [3.8, 4) is 6.07 Å². The minimum Gasteiger partial charge on any atom is -0.326 e. The molecule has 2 unspecified atom stereocenters. The SMILES string of the molecule is N#Cc1ccc(NNC(=O)c2cc(NC(=O)C3C(c4cc(Cl)cc(Cl)c4)C3(Cl)Cl)ccc2Cl)cc1. The van der Waals surface area contributed by atoms with Crippen LogP contribution in [0.5, 0.6) is 0 Å². The summed E-state index contributed by atoms with van der Waals surface area (Å²) in [4.78, 5) is 25.6. The second-order valence-electron chi connectivity index (χ2n) is 7.78. The van der Waals surface area contributed by atoms with Gasteiger partial charge in [0.2, 0.25) is 5.91 Å². The maximum absolute atomic E-state index is 13.0. The third-order valence-electron chi connectivity index (χ3n) is 5.39. The number of carbonyl (C=O) groups excluding carboxylic acids is 2. The lowest BCUT2D eigenvalue weighted by Gasteiger charge is -2.12. The van der Waals surface area contributed by atoms with Crippen molar-refractivity contribution in [3.05, 3.63) is 92.4 Å². The molecule has 0 aromatic heterocycles. The lowest BCUT2D eigenvalue weighted by atomic mass is 10.1. The Bertz CT molecular complexity index is 1330. The van der Waals surface area contributed by atoms with E-state index in [1.165, 1.54) is 12.1 Å². The van der Waals surface area contributed by atoms with Crippen LogP contribution in [0.1, 0.15) is 27.4 Å². The fourth-order valence-electron chi connectivity index (χ4n) is 3.64. The number of nitriles is 1. The Labute approximate surface area is 226 Å². The van der Waals surface area contributed by atoms with Gasteiger partial charge in [-0.1, -0.05) is 34.8 Å². The van der Waals surface area contributed by atoms with Gasteiger partial charge in [-0.3, -0.25) is 20.4 Å². The molecule has 1 aliphatic rings. The molecular formula is C24H15Cl5N4O2. The van der Waals surface area contributed by atoms with Crippen molar-refractivity contribution < 1.29 is 9.59 Å². The number of nitrogens with one attached hydrogen (secondary N) is 3. The summed E-state index contributed by atoms with van der Waals surface area (Å²) in [5.41, 5.74) is 7.44. The van der Waals surface area contributed by atoms with Gasteiger partial charge in [0.15, 0.2) is 0 Å². The summed E-state index contributed by atoms with van der Waals surface area (Å²) in [6, 6.07) is 17.9. The molecule has 0 saturated heterocycles. The van der Waals surface area contributed by atoms with Gasteiger partial charge in [0.05, 0.1) is 33.8 Å². The van der Waals surface area contributed by atoms with Crippen molar-refractivity contribution in [2.24, 2.45) is 5.92 Å². The van der Waals surface area contributed by atoms with Crippen molar-refractivity contribution in [3.63, 3.8) is 0 Å². The number of benzene rings is 3. The van der Waals surface area contributed by atoms with Gasteiger partial charge in [-0.25, -0.2) is 0 Å². The van der Waals surface area contributed by atoms with E-state index in [-0.39, 0.29) is 10.6 Å². The highest BCUT2D eigenvalue weighted by Crippen LogP contribution is 2.65. The van der Waals surface area contributed by atoms with Crippen LogP contribution in [-0.4, -0.2) is 16.1 Å². The van der Waals surface area contributed by atoms with Crippen LogP contribution in [0.25, 0.3) is 0 Å². The van der Waals surface area contributed by atoms with Crippen molar-refractivity contribution in [1.29, 1.82) is 5.26 Å². The number of anilines is 2. The number of halogens is 5. The molecular weight excluding hydrogens is 554 g/mol. The molecule has 35 heavy (non-hydrogen) atoms. The summed E-state index contributed by atoms with van der Waals surface area (Å²) in [5.74, 6) is -2.22. The number of rotatable bonds is 6. The Morgan fingerprint density at radius 1 is 0.886 bits per heavy atom. The molecule has 4 rings (SSSR count). The minimum absolute atomic E-state index is 0.127. The maximum atomic E-state index is 13.0. The van der Waals surface area contributed by atoms with Crippen molar-refractivity contribution in [2.45, 2.75) is 10.3 Å².